The van der Waals surface area contributed by atoms with Crippen molar-refractivity contribution in [2.45, 2.75) is 0 Å². The number of hydrogen-bond acceptors (Lipinski definition) is 1. The molecule has 0 unspecified atom stereocenters. The molecule has 0 aromatic rings. The lowest BCUT2D eigenvalue weighted by atomic mass is 10.0. The summed E-state index contributed by atoms with van der Waals surface area (Å²) in [5, 5.41) is 5.59. The summed E-state index contributed by atoms with van der Waals surface area (Å²) in [6, 6.07) is 0. The lowest BCUT2D eigenvalue weighted by Gasteiger charge is -2.05. The summed E-state index contributed by atoms with van der Waals surface area (Å²) in [7, 11) is 0. The molecule has 0 fully saturated rings. The van der Waals surface area contributed by atoms with Crippen LogP contribution in [0.3, 0.4) is 0 Å². The van der Waals surface area contributed by atoms with Crippen molar-refractivity contribution < 1.29 is 10.1 Å². The predicted octanol–water partition coefficient (Wildman–Crippen LogP) is 0.667. The van der Waals surface area contributed by atoms with E-state index < -0.39 is 0 Å². The molecule has 0 bridgehead atoms. The Kier molecular flexibility index (Phi) is 1.96. The van der Waals surface area contributed by atoms with E-state index in [9.17, 15) is 0 Å². The zero-order valence-corrected chi connectivity index (χ0v) is 7.10. The highest BCUT2D eigenvalue weighted by Crippen LogP contribution is 2.16. The van der Waals surface area contributed by atoms with Gasteiger partial charge in [-0.25, -0.2) is 0 Å². The fourth-order valence-electron chi connectivity index (χ4n) is 1.19. The maximum Gasteiger partial charge on any atom is 0.196 e. The molecule has 0 aromatic carbocycles. The highest BCUT2D eigenvalue weighted by molar-refractivity contribution is 6.01. The zero-order valence-electron chi connectivity index (χ0n) is 7.10. The second-order valence-corrected chi connectivity index (χ2v) is 2.82. The van der Waals surface area contributed by atoms with Crippen molar-refractivity contribution in [2.24, 2.45) is 0 Å². The molecule has 0 spiro atoms. The maximum atomic E-state index is 5.59. The number of ether oxygens (including phenoxy) is 1. The van der Waals surface area contributed by atoms with Crippen LogP contribution in [0.15, 0.2) is 60.1 Å². The third kappa shape index (κ3) is 1.67. The van der Waals surface area contributed by atoms with Gasteiger partial charge in [0.2, 0.25) is 0 Å². The molecule has 13 heavy (non-hydrogen) atoms. The van der Waals surface area contributed by atoms with E-state index in [4.69, 9.17) is 10.1 Å². The first-order valence-electron chi connectivity index (χ1n) is 4.08. The highest BCUT2D eigenvalue weighted by atomic mass is 16.5. The first-order valence-corrected chi connectivity index (χ1v) is 4.08. The molecule has 2 rings (SSSR count). The van der Waals surface area contributed by atoms with E-state index in [0.29, 0.717) is 0 Å². The van der Waals surface area contributed by atoms with E-state index in [1.54, 1.807) is 12.5 Å². The average Bonchev–Trinajstić information content (AvgIpc) is 2.20. The van der Waals surface area contributed by atoms with E-state index in [2.05, 4.69) is 0 Å². The third-order valence-corrected chi connectivity index (χ3v) is 1.90. The van der Waals surface area contributed by atoms with E-state index >= 15 is 0 Å². The van der Waals surface area contributed by atoms with Crippen LogP contribution in [0.5, 0.6) is 0 Å². The van der Waals surface area contributed by atoms with Crippen LogP contribution in [-0.4, -0.2) is 5.71 Å². The molecular weight excluding hydrogens is 162 g/mol. The molecule has 1 aliphatic carbocycles. The van der Waals surface area contributed by atoms with Crippen molar-refractivity contribution in [1.29, 1.82) is 0 Å². The normalized spacial score (nSPS) is 19.5. The first-order chi connectivity index (χ1) is 6.36. The van der Waals surface area contributed by atoms with Gasteiger partial charge in [-0.3, -0.25) is 5.41 Å². The summed E-state index contributed by atoms with van der Waals surface area (Å²) in [4.78, 5) is 0. The molecule has 0 saturated carbocycles. The Hall–Kier alpha value is -1.83. The standard InChI is InChI=1S/C11H9NO/c12-11-3-1-9(2-4-11)10-5-7-13-8-6-10/h1-8,12H/p+1. The summed E-state index contributed by atoms with van der Waals surface area (Å²) in [6.45, 7) is 0. The quantitative estimate of drug-likeness (QED) is 0.572. The average molecular weight is 172 g/mol. The summed E-state index contributed by atoms with van der Waals surface area (Å²) < 4.78 is 4.94. The van der Waals surface area contributed by atoms with Crippen molar-refractivity contribution >= 4 is 5.71 Å². The van der Waals surface area contributed by atoms with Crippen molar-refractivity contribution in [3.8, 4) is 0 Å². The van der Waals surface area contributed by atoms with Gasteiger partial charge in [-0.2, -0.15) is 0 Å². The molecule has 1 aliphatic heterocycles. The molecule has 64 valence electrons. The largest absolute Gasteiger partial charge is 0.473 e. The van der Waals surface area contributed by atoms with Gasteiger partial charge < -0.3 is 4.74 Å². The van der Waals surface area contributed by atoms with Gasteiger partial charge in [-0.1, -0.05) is 0 Å². The number of hydrogen-bond donors (Lipinski definition) is 1. The fraction of sp³-hybridized carbons (Fsp3) is 0. The topological polar surface area (TPSA) is 34.8 Å². The molecule has 0 radical (unpaired) electrons. The van der Waals surface area contributed by atoms with Crippen molar-refractivity contribution in [3.63, 3.8) is 0 Å². The van der Waals surface area contributed by atoms with Crippen LogP contribution in [0.4, 0.5) is 0 Å². The van der Waals surface area contributed by atoms with Gasteiger partial charge in [0.25, 0.3) is 0 Å². The highest BCUT2D eigenvalue weighted by Gasteiger charge is 2.03. The lowest BCUT2D eigenvalue weighted by Crippen LogP contribution is -2.37. The van der Waals surface area contributed by atoms with Gasteiger partial charge in [-0.05, 0) is 35.5 Å². The summed E-state index contributed by atoms with van der Waals surface area (Å²) >= 11 is 0. The second-order valence-electron chi connectivity index (χ2n) is 2.82. The van der Waals surface area contributed by atoms with Crippen molar-refractivity contribution in [1.82, 2.24) is 0 Å². The first kappa shape index (κ1) is 7.80. The Morgan fingerprint density at radius 3 is 1.92 bits per heavy atom. The Labute approximate surface area is 76.7 Å². The molecule has 1 heterocycles. The fourth-order valence-corrected chi connectivity index (χ4v) is 1.19. The molecule has 0 amide bonds. The van der Waals surface area contributed by atoms with Crippen LogP contribution in [0.25, 0.3) is 0 Å². The zero-order chi connectivity index (χ0) is 9.10. The van der Waals surface area contributed by atoms with E-state index in [1.165, 1.54) is 0 Å². The van der Waals surface area contributed by atoms with Crippen molar-refractivity contribution in [2.75, 3.05) is 0 Å². The SMILES string of the molecule is [NH2+]=C1C=CC(=C2C=COC=C2)C=C1. The Morgan fingerprint density at radius 1 is 0.769 bits per heavy atom. The monoisotopic (exact) mass is 172 g/mol. The predicted molar refractivity (Wildman–Crippen MR) is 51.6 cm³/mol. The molecular formula is C11H10NO+. The molecule has 0 atom stereocenters. The van der Waals surface area contributed by atoms with E-state index in [1.807, 2.05) is 36.5 Å². The number of rotatable bonds is 0. The van der Waals surface area contributed by atoms with Gasteiger partial charge in [0.1, 0.15) is 0 Å². The summed E-state index contributed by atoms with van der Waals surface area (Å²) in [6.07, 6.45) is 14.9. The smallest absolute Gasteiger partial charge is 0.196 e. The van der Waals surface area contributed by atoms with Crippen LogP contribution in [0.2, 0.25) is 0 Å². The molecule has 2 nitrogen and oxygen atoms in total. The minimum Gasteiger partial charge on any atom is -0.473 e. The van der Waals surface area contributed by atoms with Crippen LogP contribution in [0.1, 0.15) is 0 Å². The summed E-state index contributed by atoms with van der Waals surface area (Å²) in [5.41, 5.74) is 3.06. The minimum absolute atomic E-state index is 0.782. The van der Waals surface area contributed by atoms with Gasteiger partial charge in [0.15, 0.2) is 5.71 Å². The Balaban J connectivity index is 2.34. The lowest BCUT2D eigenvalue weighted by molar-refractivity contribution is -0.110. The van der Waals surface area contributed by atoms with Gasteiger partial charge in [-0.15, -0.1) is 0 Å². The van der Waals surface area contributed by atoms with Gasteiger partial charge in [0.05, 0.1) is 12.5 Å². The molecule has 0 saturated heterocycles. The Bertz CT molecular complexity index is 349. The van der Waals surface area contributed by atoms with Crippen LogP contribution >= 0.6 is 0 Å². The molecule has 0 aromatic heterocycles. The molecule has 2 heteroatoms. The number of nitrogens with two attached hydrogens (primary N) is 1. The van der Waals surface area contributed by atoms with Crippen LogP contribution in [-0.2, 0) is 4.74 Å². The van der Waals surface area contributed by atoms with Crippen LogP contribution in [0, 0.1) is 0 Å². The van der Waals surface area contributed by atoms with E-state index in [-0.39, 0.29) is 0 Å². The maximum absolute atomic E-state index is 5.59. The Morgan fingerprint density at radius 2 is 1.31 bits per heavy atom. The summed E-state index contributed by atoms with van der Waals surface area (Å²) in [5.74, 6) is 0. The van der Waals surface area contributed by atoms with Crippen molar-refractivity contribution in [3.05, 3.63) is 60.1 Å². The van der Waals surface area contributed by atoms with Gasteiger partial charge in [0, 0.05) is 12.2 Å². The number of allylic oxidation sites excluding steroid dienone is 8. The third-order valence-electron chi connectivity index (χ3n) is 1.90. The minimum atomic E-state index is 0.782. The van der Waals surface area contributed by atoms with Gasteiger partial charge >= 0.3 is 0 Å². The second kappa shape index (κ2) is 3.27. The van der Waals surface area contributed by atoms with Crippen LogP contribution < -0.4 is 5.41 Å². The molecule has 2 aliphatic rings. The molecule has 2 N–H and O–H groups in total. The van der Waals surface area contributed by atoms with E-state index in [0.717, 1.165) is 16.9 Å².